The monoisotopic (exact) mass is 331 g/mol. The molecule has 6 heteroatoms. The Morgan fingerprint density at radius 2 is 2.17 bits per heavy atom. The maximum Gasteiger partial charge on any atom is 0.290 e. The number of benzene rings is 1. The van der Waals surface area contributed by atoms with Crippen molar-refractivity contribution >= 4 is 5.91 Å². The van der Waals surface area contributed by atoms with Gasteiger partial charge in [-0.2, -0.15) is 0 Å². The molecule has 1 aliphatic rings. The van der Waals surface area contributed by atoms with E-state index in [4.69, 9.17) is 13.9 Å². The van der Waals surface area contributed by atoms with Crippen molar-refractivity contribution < 1.29 is 23.8 Å². The van der Waals surface area contributed by atoms with Crippen molar-refractivity contribution in [3.05, 3.63) is 53.5 Å². The summed E-state index contributed by atoms with van der Waals surface area (Å²) in [7, 11) is 3.17. The highest BCUT2D eigenvalue weighted by Gasteiger charge is 2.37. The lowest BCUT2D eigenvalue weighted by Crippen LogP contribution is -2.31. The molecule has 2 heterocycles. The van der Waals surface area contributed by atoms with E-state index in [-0.39, 0.29) is 24.3 Å². The van der Waals surface area contributed by atoms with Gasteiger partial charge in [0.05, 0.1) is 19.3 Å². The number of likely N-dealkylation sites (tertiary alicyclic amines) is 1. The second-order valence-corrected chi connectivity index (χ2v) is 5.84. The highest BCUT2D eigenvalue weighted by atomic mass is 16.5. The third-order valence-corrected chi connectivity index (χ3v) is 4.18. The molecule has 1 N–H and O–H groups in total. The summed E-state index contributed by atoms with van der Waals surface area (Å²) in [6.07, 6.45) is -0.0663. The second kappa shape index (κ2) is 7.07. The van der Waals surface area contributed by atoms with Gasteiger partial charge in [-0.15, -0.1) is 0 Å². The maximum absolute atomic E-state index is 12.8. The molecule has 1 aliphatic heterocycles. The van der Waals surface area contributed by atoms with E-state index < -0.39 is 6.10 Å². The number of ether oxygens (including phenoxy) is 2. The summed E-state index contributed by atoms with van der Waals surface area (Å²) in [5.41, 5.74) is 0.933. The van der Waals surface area contributed by atoms with E-state index in [1.807, 2.05) is 24.3 Å². The maximum atomic E-state index is 12.8. The Bertz CT molecular complexity index is 711. The average molecular weight is 331 g/mol. The predicted octanol–water partition coefficient (Wildman–Crippen LogP) is 2.38. The first-order valence-corrected chi connectivity index (χ1v) is 7.83. The van der Waals surface area contributed by atoms with Gasteiger partial charge >= 0.3 is 0 Å². The minimum atomic E-state index is -0.557. The average Bonchev–Trinajstić information content (AvgIpc) is 3.21. The topological polar surface area (TPSA) is 72.1 Å². The van der Waals surface area contributed by atoms with Crippen LogP contribution in [0.2, 0.25) is 0 Å². The number of carbonyl (C=O) groups is 1. The number of nitrogens with zero attached hydrogens (tertiary/aromatic N) is 1. The number of furan rings is 1. The van der Waals surface area contributed by atoms with Crippen LogP contribution in [-0.2, 0) is 11.3 Å². The predicted molar refractivity (Wildman–Crippen MR) is 86.8 cm³/mol. The molecule has 1 saturated heterocycles. The highest BCUT2D eigenvalue weighted by molar-refractivity contribution is 5.92. The summed E-state index contributed by atoms with van der Waals surface area (Å²) in [4.78, 5) is 14.4. The number of hydrogen-bond donors (Lipinski definition) is 1. The third kappa shape index (κ3) is 3.29. The van der Waals surface area contributed by atoms with Gasteiger partial charge in [-0.25, -0.2) is 0 Å². The molecule has 0 saturated carbocycles. The minimum Gasteiger partial charge on any atom is -0.497 e. The lowest BCUT2D eigenvalue weighted by atomic mass is 10.0. The van der Waals surface area contributed by atoms with Gasteiger partial charge in [0.2, 0.25) is 0 Å². The van der Waals surface area contributed by atoms with E-state index in [1.165, 1.54) is 0 Å². The van der Waals surface area contributed by atoms with Crippen LogP contribution in [0.25, 0.3) is 0 Å². The van der Waals surface area contributed by atoms with Crippen LogP contribution in [0.4, 0.5) is 0 Å². The SMILES string of the molecule is COCc1ccc(C(=O)N2C[C@H](O)C[C@@H]2c2cccc(OC)c2)o1. The number of carbonyl (C=O) groups excluding carboxylic acids is 1. The van der Waals surface area contributed by atoms with E-state index in [1.54, 1.807) is 31.3 Å². The molecule has 0 bridgehead atoms. The zero-order valence-electron chi connectivity index (χ0n) is 13.8. The molecule has 1 aromatic carbocycles. The van der Waals surface area contributed by atoms with E-state index >= 15 is 0 Å². The van der Waals surface area contributed by atoms with Crippen LogP contribution < -0.4 is 4.74 Å². The quantitative estimate of drug-likeness (QED) is 0.911. The van der Waals surface area contributed by atoms with Gasteiger partial charge in [0.1, 0.15) is 18.1 Å². The van der Waals surface area contributed by atoms with Crippen molar-refractivity contribution in [3.8, 4) is 5.75 Å². The molecule has 128 valence electrons. The number of aliphatic hydroxyl groups excluding tert-OH is 1. The van der Waals surface area contributed by atoms with Crippen molar-refractivity contribution in [1.29, 1.82) is 0 Å². The van der Waals surface area contributed by atoms with Crippen LogP contribution in [0.5, 0.6) is 5.75 Å². The zero-order valence-corrected chi connectivity index (χ0v) is 13.8. The van der Waals surface area contributed by atoms with Crippen molar-refractivity contribution in [2.24, 2.45) is 0 Å². The van der Waals surface area contributed by atoms with Crippen molar-refractivity contribution in [2.45, 2.75) is 25.2 Å². The molecular weight excluding hydrogens is 310 g/mol. The molecule has 2 atom stereocenters. The molecule has 0 spiro atoms. The van der Waals surface area contributed by atoms with Crippen molar-refractivity contribution in [1.82, 2.24) is 4.90 Å². The Morgan fingerprint density at radius 1 is 1.33 bits per heavy atom. The molecule has 0 unspecified atom stereocenters. The first kappa shape index (κ1) is 16.5. The fraction of sp³-hybridized carbons (Fsp3) is 0.389. The minimum absolute atomic E-state index is 0.210. The van der Waals surface area contributed by atoms with E-state index in [0.29, 0.717) is 18.8 Å². The normalized spacial score (nSPS) is 20.4. The largest absolute Gasteiger partial charge is 0.497 e. The number of β-amino-alcohol motifs (C(OH)–C–C–N with tert-alkyl or cyclic N) is 1. The van der Waals surface area contributed by atoms with Crippen molar-refractivity contribution in [3.63, 3.8) is 0 Å². The zero-order chi connectivity index (χ0) is 17.1. The summed E-state index contributed by atoms with van der Waals surface area (Å²) in [6, 6.07) is 10.7. The smallest absolute Gasteiger partial charge is 0.290 e. The van der Waals surface area contributed by atoms with E-state index in [2.05, 4.69) is 0 Å². The lowest BCUT2D eigenvalue weighted by molar-refractivity contribution is 0.0676. The Hall–Kier alpha value is -2.31. The number of amides is 1. The summed E-state index contributed by atoms with van der Waals surface area (Å²) in [5.74, 6) is 1.34. The Balaban J connectivity index is 1.85. The van der Waals surface area contributed by atoms with Gasteiger partial charge < -0.3 is 23.9 Å². The summed E-state index contributed by atoms with van der Waals surface area (Å²) in [6.45, 7) is 0.593. The molecule has 3 rings (SSSR count). The highest BCUT2D eigenvalue weighted by Crippen LogP contribution is 2.35. The van der Waals surface area contributed by atoms with Crippen LogP contribution in [0.1, 0.15) is 34.3 Å². The summed E-state index contributed by atoms with van der Waals surface area (Å²) in [5, 5.41) is 10.1. The first-order valence-electron chi connectivity index (χ1n) is 7.83. The van der Waals surface area contributed by atoms with E-state index in [9.17, 15) is 9.90 Å². The second-order valence-electron chi connectivity index (χ2n) is 5.84. The van der Waals surface area contributed by atoms with Crippen molar-refractivity contribution in [2.75, 3.05) is 20.8 Å². The summed E-state index contributed by atoms with van der Waals surface area (Å²) < 4.78 is 15.8. The Kier molecular flexibility index (Phi) is 4.87. The number of rotatable bonds is 5. The van der Waals surface area contributed by atoms with Crippen LogP contribution in [0.3, 0.4) is 0 Å². The third-order valence-electron chi connectivity index (χ3n) is 4.18. The fourth-order valence-electron chi connectivity index (χ4n) is 3.06. The summed E-state index contributed by atoms with van der Waals surface area (Å²) >= 11 is 0. The molecule has 0 aliphatic carbocycles. The lowest BCUT2D eigenvalue weighted by Gasteiger charge is -2.24. The molecule has 2 aromatic rings. The van der Waals surface area contributed by atoms with Crippen LogP contribution in [0, 0.1) is 0 Å². The van der Waals surface area contributed by atoms with E-state index in [0.717, 1.165) is 11.3 Å². The van der Waals surface area contributed by atoms with Gasteiger partial charge in [-0.3, -0.25) is 4.79 Å². The van der Waals surface area contributed by atoms with Crippen LogP contribution in [0.15, 0.2) is 40.8 Å². The Morgan fingerprint density at radius 3 is 2.92 bits per heavy atom. The standard InChI is InChI=1S/C18H21NO5/c1-22-11-15-6-7-17(24-15)18(21)19-10-13(20)9-16(19)12-4-3-5-14(8-12)23-2/h3-8,13,16,20H,9-11H2,1-2H3/t13-,16-/m1/s1. The van der Waals surface area contributed by atoms with Gasteiger partial charge in [0, 0.05) is 13.7 Å². The van der Waals surface area contributed by atoms with Gasteiger partial charge in [-0.1, -0.05) is 12.1 Å². The Labute approximate surface area is 140 Å². The molecule has 1 amide bonds. The number of hydrogen-bond acceptors (Lipinski definition) is 5. The first-order chi connectivity index (χ1) is 11.6. The van der Waals surface area contributed by atoms with Gasteiger partial charge in [-0.05, 0) is 36.2 Å². The molecule has 6 nitrogen and oxygen atoms in total. The van der Waals surface area contributed by atoms with Gasteiger partial charge in [0.25, 0.3) is 5.91 Å². The van der Waals surface area contributed by atoms with Crippen LogP contribution in [-0.4, -0.2) is 42.8 Å². The molecule has 24 heavy (non-hydrogen) atoms. The number of methoxy groups -OCH3 is 2. The molecule has 1 fully saturated rings. The molecular formula is C18H21NO5. The number of aliphatic hydroxyl groups is 1. The van der Waals surface area contributed by atoms with Crippen LogP contribution >= 0.6 is 0 Å². The molecule has 0 radical (unpaired) electrons. The van der Waals surface area contributed by atoms with Gasteiger partial charge in [0.15, 0.2) is 5.76 Å². The fourth-order valence-corrected chi connectivity index (χ4v) is 3.06. The molecule has 1 aromatic heterocycles.